The van der Waals surface area contributed by atoms with E-state index in [1.54, 1.807) is 0 Å². The average Bonchev–Trinajstić information content (AvgIpc) is 3.72. The summed E-state index contributed by atoms with van der Waals surface area (Å²) in [6.07, 6.45) is -9.48. The van der Waals surface area contributed by atoms with Crippen LogP contribution in [0.5, 0.6) is 0 Å². The second kappa shape index (κ2) is 10.8. The fraction of sp³-hybridized carbons (Fsp3) is 0.500. The molecule has 2 bridgehead atoms. The smallest absolute Gasteiger partial charge is 0.387 e. The number of nitrogens with zero attached hydrogens (tertiary/aromatic N) is 6. The van der Waals surface area contributed by atoms with Crippen molar-refractivity contribution < 1.29 is 56.7 Å². The Bertz CT molecular complexity index is 2000. The molecule has 4 unspecified atom stereocenters. The molecule has 3 aliphatic heterocycles. The molecule has 0 radical (unpaired) electrons. The van der Waals surface area contributed by atoms with Crippen LogP contribution < -0.4 is 17.0 Å². The molecule has 3 aliphatic rings. The van der Waals surface area contributed by atoms with Gasteiger partial charge in [-0.3, -0.25) is 37.4 Å². The van der Waals surface area contributed by atoms with Crippen LogP contribution in [0.15, 0.2) is 28.4 Å². The van der Waals surface area contributed by atoms with E-state index in [1.807, 2.05) is 0 Å². The van der Waals surface area contributed by atoms with Gasteiger partial charge in [0.2, 0.25) is 5.95 Å². The van der Waals surface area contributed by atoms with Crippen molar-refractivity contribution in [2.45, 2.75) is 49.0 Å². The van der Waals surface area contributed by atoms with Crippen LogP contribution in [0, 0.1) is 0 Å². The van der Waals surface area contributed by atoms with Crippen molar-refractivity contribution in [3.05, 3.63) is 45.3 Å². The van der Waals surface area contributed by atoms with E-state index in [2.05, 4.69) is 30.0 Å². The lowest BCUT2D eigenvalue weighted by atomic mass is 10.0. The number of hydrogen-bond donors (Lipinski definition) is 7. The summed E-state index contributed by atoms with van der Waals surface area (Å²) >= 11 is 0. The lowest BCUT2D eigenvalue weighted by molar-refractivity contribution is -0.0636. The summed E-state index contributed by atoms with van der Waals surface area (Å²) in [4.78, 5) is 62.1. The molecule has 7 rings (SSSR count). The van der Waals surface area contributed by atoms with Gasteiger partial charge in [0.1, 0.15) is 42.7 Å². The molecule has 23 nitrogen and oxygen atoms in total. The van der Waals surface area contributed by atoms with Crippen molar-refractivity contribution in [3.63, 3.8) is 0 Å². The van der Waals surface area contributed by atoms with Gasteiger partial charge in [-0.25, -0.2) is 23.9 Å². The molecule has 3 saturated heterocycles. The van der Waals surface area contributed by atoms with E-state index in [0.29, 0.717) is 0 Å². The molecule has 4 aromatic heterocycles. The lowest BCUT2D eigenvalue weighted by Gasteiger charge is -2.25. The normalized spacial score (nSPS) is 37.7. The molecule has 0 spiro atoms. The van der Waals surface area contributed by atoms with Crippen LogP contribution in [-0.2, 0) is 36.7 Å². The fourth-order valence-electron chi connectivity index (χ4n) is 5.33. The number of nitrogens with two attached hydrogens (primary N) is 1. The monoisotopic (exact) mass is 675 g/mol. The Kier molecular flexibility index (Phi) is 7.27. The molecule has 0 amide bonds. The van der Waals surface area contributed by atoms with Crippen LogP contribution in [0.1, 0.15) is 17.9 Å². The first-order valence-electron chi connectivity index (χ1n) is 12.9. The highest BCUT2D eigenvalue weighted by molar-refractivity contribution is 7.47. The van der Waals surface area contributed by atoms with Gasteiger partial charge in [0.05, 0.1) is 32.1 Å². The van der Waals surface area contributed by atoms with E-state index >= 15 is 0 Å². The van der Waals surface area contributed by atoms with Gasteiger partial charge in [-0.1, -0.05) is 0 Å². The second-order valence-corrected chi connectivity index (χ2v) is 12.9. The summed E-state index contributed by atoms with van der Waals surface area (Å²) in [5.74, 6) is -0.292. The molecular weight excluding hydrogens is 652 g/mol. The van der Waals surface area contributed by atoms with Gasteiger partial charge in [-0.2, -0.15) is 14.6 Å². The number of aromatic amines is 2. The molecule has 3 fully saturated rings. The Labute approximate surface area is 247 Å². The highest BCUT2D eigenvalue weighted by atomic mass is 31.2. The number of aliphatic hydroxyl groups is 2. The van der Waals surface area contributed by atoms with Gasteiger partial charge in [-0.05, 0) is 0 Å². The zero-order chi connectivity index (χ0) is 31.8. The molecule has 10 atom stereocenters. The van der Waals surface area contributed by atoms with Crippen LogP contribution in [0.3, 0.4) is 0 Å². The lowest BCUT2D eigenvalue weighted by Crippen LogP contribution is -2.36. The third-order valence-corrected chi connectivity index (χ3v) is 9.30. The zero-order valence-corrected chi connectivity index (χ0v) is 24.1. The predicted octanol–water partition coefficient (Wildman–Crippen LogP) is -2.79. The number of phosphoric acid groups is 2. The van der Waals surface area contributed by atoms with Gasteiger partial charge >= 0.3 is 21.3 Å². The maximum absolute atomic E-state index is 13.2. The van der Waals surface area contributed by atoms with Crippen molar-refractivity contribution >= 4 is 38.4 Å². The van der Waals surface area contributed by atoms with E-state index in [1.165, 1.54) is 6.20 Å². The number of nitrogen functional groups attached to an aromatic ring is 1. The standard InChI is InChI=1S/C20H23N9O14P2/c21-19-26-16-9(17(32)27-19)24-5-28(16)18-14-10(30)7(41-18)2-38-44(34,35)42-13-8(3-39-45(36,37)43-14)40-12(11(13)31)6-1-25-29-15(6)22-4-23-20(29)33/h1,4-5,7-8,10-14,18,30-31H,2-3H2,(H,34,35)(H,36,37)(H,22,23,33)(H3,21,26,27,32)/t7-,8-,10+,11?,12+,13+,14?,18-/m1/s1. The molecular formula is C20H23N9O14P2. The van der Waals surface area contributed by atoms with Crippen molar-refractivity contribution in [1.29, 1.82) is 0 Å². The first-order chi connectivity index (χ1) is 21.3. The molecule has 0 aromatic carbocycles. The van der Waals surface area contributed by atoms with Gasteiger partial charge in [0.15, 0.2) is 23.0 Å². The second-order valence-electron chi connectivity index (χ2n) is 10.1. The van der Waals surface area contributed by atoms with Crippen LogP contribution in [-0.4, -0.2) is 109 Å². The summed E-state index contributed by atoms with van der Waals surface area (Å²) in [7, 11) is -10.2. The number of aliphatic hydroxyl groups excluding tert-OH is 2. The number of phosphoric ester groups is 2. The van der Waals surface area contributed by atoms with E-state index in [4.69, 9.17) is 33.3 Å². The minimum absolute atomic E-state index is 0.0175. The van der Waals surface area contributed by atoms with E-state index in [-0.39, 0.29) is 28.3 Å². The summed E-state index contributed by atoms with van der Waals surface area (Å²) in [5.41, 5.74) is 4.03. The number of H-pyrrole nitrogens is 2. The Balaban J connectivity index is 1.21. The van der Waals surface area contributed by atoms with Gasteiger partial charge in [0.25, 0.3) is 5.56 Å². The average molecular weight is 675 g/mol. The molecule has 242 valence electrons. The Hall–Kier alpha value is -3.44. The summed E-state index contributed by atoms with van der Waals surface area (Å²) in [6.45, 7) is -1.69. The number of aromatic nitrogens is 8. The third kappa shape index (κ3) is 5.31. The number of imidazole rings is 1. The Morgan fingerprint density at radius 3 is 2.42 bits per heavy atom. The fourth-order valence-corrected chi connectivity index (χ4v) is 7.23. The maximum Gasteiger partial charge on any atom is 0.472 e. The minimum atomic E-state index is -5.13. The van der Waals surface area contributed by atoms with Crippen LogP contribution in [0.4, 0.5) is 5.95 Å². The number of fused-ring (bicyclic) bond motifs is 5. The molecule has 8 N–H and O–H groups in total. The Morgan fingerprint density at radius 1 is 0.956 bits per heavy atom. The molecule has 45 heavy (non-hydrogen) atoms. The van der Waals surface area contributed by atoms with E-state index in [9.17, 15) is 38.7 Å². The van der Waals surface area contributed by atoms with E-state index in [0.717, 1.165) is 21.7 Å². The summed E-state index contributed by atoms with van der Waals surface area (Å²) < 4.78 is 60.5. The number of nitrogens with one attached hydrogen (secondary N) is 2. The van der Waals surface area contributed by atoms with Crippen LogP contribution in [0.25, 0.3) is 16.8 Å². The molecule has 0 aliphatic carbocycles. The summed E-state index contributed by atoms with van der Waals surface area (Å²) in [6, 6.07) is 0. The van der Waals surface area contributed by atoms with Gasteiger partial charge in [0, 0.05) is 5.56 Å². The van der Waals surface area contributed by atoms with Crippen LogP contribution >= 0.6 is 15.6 Å². The molecule has 25 heteroatoms. The number of ether oxygens (including phenoxy) is 2. The third-order valence-electron chi connectivity index (χ3n) is 7.33. The topological polar surface area (TPSA) is 323 Å². The molecule has 4 aromatic rings. The number of rotatable bonds is 2. The minimum Gasteiger partial charge on any atom is -0.387 e. The van der Waals surface area contributed by atoms with Crippen molar-refractivity contribution in [2.75, 3.05) is 18.9 Å². The highest BCUT2D eigenvalue weighted by Crippen LogP contribution is 2.54. The van der Waals surface area contributed by atoms with Crippen molar-refractivity contribution in [2.24, 2.45) is 0 Å². The SMILES string of the molecule is Nc1nc2c(ncn2[C@@H]2O[C@@H]3COP(=O)(O)O[C@@H]4C(O)[C@H](c5cnn6c(=O)[nH]cnc56)O[C@@H]4COP(=O)(O)OC2[C@H]3O)c(=O)[nH]1. The quantitative estimate of drug-likeness (QED) is 0.106. The molecule has 0 saturated carbocycles. The molecule has 7 heterocycles. The van der Waals surface area contributed by atoms with Gasteiger partial charge < -0.3 is 35.2 Å². The zero-order valence-electron chi connectivity index (χ0n) is 22.3. The van der Waals surface area contributed by atoms with Crippen molar-refractivity contribution in [1.82, 2.24) is 39.1 Å². The van der Waals surface area contributed by atoms with Gasteiger partial charge in [-0.15, -0.1) is 0 Å². The predicted molar refractivity (Wildman–Crippen MR) is 141 cm³/mol. The largest absolute Gasteiger partial charge is 0.472 e. The first-order valence-corrected chi connectivity index (χ1v) is 15.9. The number of anilines is 1. The first kappa shape index (κ1) is 30.2. The van der Waals surface area contributed by atoms with E-state index < -0.39 is 89.1 Å². The number of hydrogen-bond acceptors (Lipinski definition) is 17. The Morgan fingerprint density at radius 2 is 1.67 bits per heavy atom. The van der Waals surface area contributed by atoms with Crippen LogP contribution in [0.2, 0.25) is 0 Å². The maximum atomic E-state index is 13.2. The summed E-state index contributed by atoms with van der Waals surface area (Å²) in [5, 5.41) is 26.0. The highest BCUT2D eigenvalue weighted by Gasteiger charge is 2.54. The van der Waals surface area contributed by atoms with Crippen molar-refractivity contribution in [3.8, 4) is 0 Å².